The van der Waals surface area contributed by atoms with Gasteiger partial charge in [-0.1, -0.05) is 0 Å². The first-order valence-corrected chi connectivity index (χ1v) is 3.98. The summed E-state index contributed by atoms with van der Waals surface area (Å²) in [6.45, 7) is 4.21. The van der Waals surface area contributed by atoms with Crippen LogP contribution in [0.2, 0.25) is 0 Å². The second-order valence-electron chi connectivity index (χ2n) is 2.37. The average molecular weight is 200 g/mol. The molecule has 14 heavy (non-hydrogen) atoms. The summed E-state index contributed by atoms with van der Waals surface area (Å²) in [5, 5.41) is 15.4. The molecule has 0 saturated carbocycles. The standard InChI is InChI=1S/C8H12N2O4/c1-4-14-8(13)7(5(2)11)10-9-6(3)12/h11H,4H2,1-3H3. The predicted molar refractivity (Wildman–Crippen MR) is 47.5 cm³/mol. The van der Waals surface area contributed by atoms with E-state index in [0.717, 1.165) is 0 Å². The van der Waals surface area contributed by atoms with E-state index in [9.17, 15) is 9.59 Å². The van der Waals surface area contributed by atoms with Gasteiger partial charge in [0.1, 0.15) is 5.76 Å². The van der Waals surface area contributed by atoms with Crippen LogP contribution < -0.4 is 0 Å². The lowest BCUT2D eigenvalue weighted by Gasteiger charge is -2.00. The highest BCUT2D eigenvalue weighted by Gasteiger charge is 2.13. The molecule has 0 atom stereocenters. The van der Waals surface area contributed by atoms with Gasteiger partial charge in [-0.25, -0.2) is 4.79 Å². The zero-order valence-electron chi connectivity index (χ0n) is 8.27. The summed E-state index contributed by atoms with van der Waals surface area (Å²) >= 11 is 0. The topological polar surface area (TPSA) is 88.3 Å². The van der Waals surface area contributed by atoms with Crippen molar-refractivity contribution < 1.29 is 19.4 Å². The van der Waals surface area contributed by atoms with Gasteiger partial charge in [-0.15, -0.1) is 10.2 Å². The maximum Gasteiger partial charge on any atom is 0.362 e. The fourth-order valence-electron chi connectivity index (χ4n) is 0.581. The maximum atomic E-state index is 11.1. The van der Waals surface area contributed by atoms with E-state index in [-0.39, 0.29) is 18.1 Å². The van der Waals surface area contributed by atoms with Gasteiger partial charge in [-0.2, -0.15) is 0 Å². The van der Waals surface area contributed by atoms with Gasteiger partial charge in [-0.3, -0.25) is 4.79 Å². The average Bonchev–Trinajstić information content (AvgIpc) is 2.03. The molecule has 0 unspecified atom stereocenters. The normalized spacial score (nSPS) is 12.5. The van der Waals surface area contributed by atoms with Gasteiger partial charge in [0.05, 0.1) is 6.61 Å². The van der Waals surface area contributed by atoms with Crippen molar-refractivity contribution in [1.29, 1.82) is 0 Å². The number of carbonyl (C=O) groups excluding carboxylic acids is 2. The van der Waals surface area contributed by atoms with Crippen molar-refractivity contribution in [2.24, 2.45) is 10.2 Å². The molecule has 1 N–H and O–H groups in total. The van der Waals surface area contributed by atoms with E-state index in [1.54, 1.807) is 6.92 Å². The van der Waals surface area contributed by atoms with Crippen LogP contribution >= 0.6 is 0 Å². The van der Waals surface area contributed by atoms with E-state index in [1.807, 2.05) is 0 Å². The van der Waals surface area contributed by atoms with Crippen LogP contribution in [-0.2, 0) is 14.3 Å². The molecule has 6 nitrogen and oxygen atoms in total. The third-order valence-corrected chi connectivity index (χ3v) is 1.10. The summed E-state index contributed by atoms with van der Waals surface area (Å²) in [7, 11) is 0. The number of azo groups is 1. The highest BCUT2D eigenvalue weighted by atomic mass is 16.5. The van der Waals surface area contributed by atoms with Gasteiger partial charge in [0.15, 0.2) is 0 Å². The smallest absolute Gasteiger partial charge is 0.362 e. The fourth-order valence-corrected chi connectivity index (χ4v) is 0.581. The van der Waals surface area contributed by atoms with Gasteiger partial charge in [0, 0.05) is 6.92 Å². The van der Waals surface area contributed by atoms with Crippen LogP contribution in [0.15, 0.2) is 21.7 Å². The molecule has 0 radical (unpaired) electrons. The molecule has 1 amide bonds. The number of nitrogens with zero attached hydrogens (tertiary/aromatic N) is 2. The molecule has 6 heteroatoms. The molecule has 0 aliphatic heterocycles. The van der Waals surface area contributed by atoms with E-state index in [4.69, 9.17) is 5.11 Å². The fraction of sp³-hybridized carbons (Fsp3) is 0.500. The molecule has 0 aromatic rings. The minimum atomic E-state index is -0.808. The number of ether oxygens (including phenoxy) is 1. The molecule has 0 aliphatic carbocycles. The van der Waals surface area contributed by atoms with Crippen LogP contribution in [0.4, 0.5) is 0 Å². The van der Waals surface area contributed by atoms with Crippen LogP contribution in [0.25, 0.3) is 0 Å². The van der Waals surface area contributed by atoms with Crippen LogP contribution in [0.1, 0.15) is 20.8 Å². The number of aliphatic hydroxyl groups is 1. The van der Waals surface area contributed by atoms with E-state index in [2.05, 4.69) is 15.0 Å². The Morgan fingerprint density at radius 2 is 1.86 bits per heavy atom. The van der Waals surface area contributed by atoms with Gasteiger partial charge < -0.3 is 9.84 Å². The van der Waals surface area contributed by atoms with Crippen LogP contribution in [-0.4, -0.2) is 23.6 Å². The SMILES string of the molecule is CCOC(=O)C(N=NC(C)=O)=C(C)O. The first kappa shape index (κ1) is 12.3. The number of carbonyl (C=O) groups is 2. The van der Waals surface area contributed by atoms with Crippen molar-refractivity contribution >= 4 is 11.9 Å². The van der Waals surface area contributed by atoms with Crippen molar-refractivity contribution in [2.45, 2.75) is 20.8 Å². The largest absolute Gasteiger partial charge is 0.510 e. The Bertz CT molecular complexity index is 290. The van der Waals surface area contributed by atoms with Gasteiger partial charge in [0.25, 0.3) is 5.91 Å². The molecule has 0 rings (SSSR count). The Balaban J connectivity index is 4.73. The number of allylic oxidation sites excluding steroid dienone is 1. The number of hydrogen-bond donors (Lipinski definition) is 1. The zero-order chi connectivity index (χ0) is 11.1. The third-order valence-electron chi connectivity index (χ3n) is 1.10. The molecule has 0 bridgehead atoms. The minimum Gasteiger partial charge on any atom is -0.510 e. The van der Waals surface area contributed by atoms with Crippen molar-refractivity contribution in [2.75, 3.05) is 6.61 Å². The molecule has 0 aromatic heterocycles. The van der Waals surface area contributed by atoms with Crippen molar-refractivity contribution in [3.8, 4) is 0 Å². The van der Waals surface area contributed by atoms with Gasteiger partial charge in [-0.05, 0) is 13.8 Å². The number of rotatable bonds is 3. The lowest BCUT2D eigenvalue weighted by Crippen LogP contribution is -2.08. The second kappa shape index (κ2) is 5.85. The lowest BCUT2D eigenvalue weighted by atomic mass is 10.4. The van der Waals surface area contributed by atoms with E-state index >= 15 is 0 Å². The summed E-state index contributed by atoms with van der Waals surface area (Å²) in [5.74, 6) is -1.71. The molecule has 0 heterocycles. The first-order chi connectivity index (χ1) is 6.49. The third kappa shape index (κ3) is 4.34. The van der Waals surface area contributed by atoms with Crippen LogP contribution in [0.3, 0.4) is 0 Å². The molecule has 0 aliphatic rings. The van der Waals surface area contributed by atoms with E-state index < -0.39 is 11.9 Å². The predicted octanol–water partition coefficient (Wildman–Crippen LogP) is 1.34. The molecular formula is C8H12N2O4. The Hall–Kier alpha value is -1.72. The van der Waals surface area contributed by atoms with Crippen molar-refractivity contribution in [3.05, 3.63) is 11.5 Å². The Morgan fingerprint density at radius 1 is 1.29 bits per heavy atom. The molecule has 0 fully saturated rings. The van der Waals surface area contributed by atoms with E-state index in [1.165, 1.54) is 13.8 Å². The Kier molecular flexibility index (Phi) is 5.13. The molecule has 78 valence electrons. The summed E-state index contributed by atoms with van der Waals surface area (Å²) in [6.07, 6.45) is 0. The summed E-state index contributed by atoms with van der Waals surface area (Å²) in [4.78, 5) is 21.5. The van der Waals surface area contributed by atoms with Crippen LogP contribution in [0.5, 0.6) is 0 Å². The second-order valence-corrected chi connectivity index (χ2v) is 2.37. The van der Waals surface area contributed by atoms with Crippen LogP contribution in [0, 0.1) is 0 Å². The summed E-state index contributed by atoms with van der Waals surface area (Å²) in [5.41, 5.74) is -0.359. The highest BCUT2D eigenvalue weighted by molar-refractivity contribution is 5.88. The summed E-state index contributed by atoms with van der Waals surface area (Å²) in [6, 6.07) is 0. The van der Waals surface area contributed by atoms with Crippen molar-refractivity contribution in [3.63, 3.8) is 0 Å². The first-order valence-electron chi connectivity index (χ1n) is 3.98. The Morgan fingerprint density at radius 3 is 2.21 bits per heavy atom. The monoisotopic (exact) mass is 200 g/mol. The van der Waals surface area contributed by atoms with Gasteiger partial charge in [0.2, 0.25) is 5.70 Å². The highest BCUT2D eigenvalue weighted by Crippen LogP contribution is 2.06. The summed E-state index contributed by atoms with van der Waals surface area (Å²) < 4.78 is 4.58. The quantitative estimate of drug-likeness (QED) is 0.322. The number of esters is 1. The van der Waals surface area contributed by atoms with Gasteiger partial charge >= 0.3 is 5.97 Å². The zero-order valence-corrected chi connectivity index (χ0v) is 8.27. The molecule has 0 aromatic carbocycles. The Labute approximate surface area is 81.3 Å². The maximum absolute atomic E-state index is 11.1. The number of amides is 1. The molecule has 0 spiro atoms. The van der Waals surface area contributed by atoms with E-state index in [0.29, 0.717) is 0 Å². The minimum absolute atomic E-state index is 0.158. The number of hydrogen-bond acceptors (Lipinski definition) is 5. The molecule has 0 saturated heterocycles. The van der Waals surface area contributed by atoms with Crippen molar-refractivity contribution in [1.82, 2.24) is 0 Å². The lowest BCUT2D eigenvalue weighted by molar-refractivity contribution is -0.138. The number of aliphatic hydroxyl groups excluding tert-OH is 1. The molecular weight excluding hydrogens is 188 g/mol.